The van der Waals surface area contributed by atoms with Crippen LogP contribution in [0.15, 0.2) is 0 Å². The largest absolute Gasteiger partial charge is 0.458 e. The molecule has 0 radical (unpaired) electrons. The van der Waals surface area contributed by atoms with Gasteiger partial charge in [0.2, 0.25) is 0 Å². The van der Waals surface area contributed by atoms with E-state index in [4.69, 9.17) is 14.2 Å². The predicted molar refractivity (Wildman–Crippen MR) is 65.9 cm³/mol. The Balaban J connectivity index is 4.58. The van der Waals surface area contributed by atoms with E-state index in [2.05, 4.69) is 19.6 Å². The lowest BCUT2D eigenvalue weighted by Crippen LogP contribution is -2.49. The zero-order valence-electron chi connectivity index (χ0n) is 11.4. The quantitative estimate of drug-likeness (QED) is 0.425. The van der Waals surface area contributed by atoms with Gasteiger partial charge in [-0.05, 0) is 20.8 Å². The van der Waals surface area contributed by atoms with Gasteiger partial charge in [0, 0.05) is 7.11 Å². The number of carbonyl (C=O) groups is 1. The van der Waals surface area contributed by atoms with Gasteiger partial charge in [0.15, 0.2) is 0 Å². The highest BCUT2D eigenvalue weighted by atomic mass is 28.3. The number of hydrogen-bond acceptors (Lipinski definition) is 4. The molecule has 96 valence electrons. The van der Waals surface area contributed by atoms with Gasteiger partial charge >= 0.3 is 5.97 Å². The maximum absolute atomic E-state index is 11.9. The molecule has 0 aliphatic heterocycles. The molecule has 0 bridgehead atoms. The highest BCUT2D eigenvalue weighted by Gasteiger charge is 2.37. The van der Waals surface area contributed by atoms with E-state index >= 15 is 0 Å². The molecule has 0 saturated heterocycles. The van der Waals surface area contributed by atoms with Gasteiger partial charge in [-0.15, -0.1) is 0 Å². The van der Waals surface area contributed by atoms with Crippen molar-refractivity contribution < 1.29 is 19.0 Å². The van der Waals surface area contributed by atoms with Crippen molar-refractivity contribution in [1.29, 1.82) is 0 Å². The summed E-state index contributed by atoms with van der Waals surface area (Å²) in [5.74, 6) is -0.288. The molecule has 0 aromatic rings. The summed E-state index contributed by atoms with van der Waals surface area (Å²) in [5, 5.41) is 0. The van der Waals surface area contributed by atoms with Gasteiger partial charge in [-0.2, -0.15) is 0 Å². The molecule has 0 aromatic heterocycles. The number of carbonyl (C=O) groups excluding carboxylic acids is 1. The third-order valence-electron chi connectivity index (χ3n) is 1.76. The van der Waals surface area contributed by atoms with Gasteiger partial charge < -0.3 is 14.2 Å². The second-order valence-corrected chi connectivity index (χ2v) is 11.1. The van der Waals surface area contributed by atoms with Gasteiger partial charge in [0.25, 0.3) is 0 Å². The van der Waals surface area contributed by atoms with E-state index in [1.54, 1.807) is 0 Å². The third-order valence-corrected chi connectivity index (χ3v) is 3.74. The summed E-state index contributed by atoms with van der Waals surface area (Å²) in [4.78, 5) is 11.9. The zero-order valence-corrected chi connectivity index (χ0v) is 12.4. The summed E-state index contributed by atoms with van der Waals surface area (Å²) >= 11 is 0. The number of rotatable bonds is 5. The van der Waals surface area contributed by atoms with Crippen molar-refractivity contribution in [2.24, 2.45) is 0 Å². The average molecular weight is 248 g/mol. The number of methoxy groups -OCH3 is 1. The number of ether oxygens (including phenoxy) is 3. The van der Waals surface area contributed by atoms with Crippen LogP contribution in [0, 0.1) is 0 Å². The van der Waals surface area contributed by atoms with Crippen molar-refractivity contribution in [2.45, 2.75) is 51.7 Å². The number of esters is 1. The van der Waals surface area contributed by atoms with E-state index in [0.717, 1.165) is 0 Å². The first-order valence-electron chi connectivity index (χ1n) is 5.41. The molecule has 0 rings (SSSR count). The van der Waals surface area contributed by atoms with Crippen LogP contribution in [0.1, 0.15) is 20.8 Å². The van der Waals surface area contributed by atoms with Crippen LogP contribution in [-0.4, -0.2) is 39.3 Å². The maximum atomic E-state index is 11.9. The Morgan fingerprint density at radius 3 is 2.06 bits per heavy atom. The topological polar surface area (TPSA) is 44.8 Å². The van der Waals surface area contributed by atoms with Crippen LogP contribution in [0.2, 0.25) is 19.6 Å². The molecule has 0 heterocycles. The Kier molecular flexibility index (Phi) is 5.65. The summed E-state index contributed by atoms with van der Waals surface area (Å²) in [6.07, 6.45) is 0. The lowest BCUT2D eigenvalue weighted by Gasteiger charge is -2.30. The monoisotopic (exact) mass is 248 g/mol. The fourth-order valence-electron chi connectivity index (χ4n) is 1.16. The summed E-state index contributed by atoms with van der Waals surface area (Å²) in [6.45, 7) is 11.9. The molecule has 1 atom stereocenters. The van der Waals surface area contributed by atoms with Gasteiger partial charge in [-0.1, -0.05) is 19.6 Å². The standard InChI is InChI=1S/C11H24O4Si/c1-11(2,3)15-9(12)10(14-8-13-4)16(5,6)7/h10H,8H2,1-7H3. The van der Waals surface area contributed by atoms with Crippen LogP contribution in [-0.2, 0) is 19.0 Å². The molecular formula is C11H24O4Si. The van der Waals surface area contributed by atoms with Gasteiger partial charge in [0.05, 0.1) is 8.07 Å². The van der Waals surface area contributed by atoms with E-state index < -0.39 is 19.4 Å². The van der Waals surface area contributed by atoms with Crippen LogP contribution in [0.25, 0.3) is 0 Å². The Hall–Kier alpha value is -0.393. The second-order valence-electron chi connectivity index (χ2n) is 5.85. The highest BCUT2D eigenvalue weighted by Crippen LogP contribution is 2.17. The fraction of sp³-hybridized carbons (Fsp3) is 0.909. The van der Waals surface area contributed by atoms with E-state index in [0.29, 0.717) is 0 Å². The van der Waals surface area contributed by atoms with Crippen LogP contribution in [0.5, 0.6) is 0 Å². The van der Waals surface area contributed by atoms with Crippen LogP contribution in [0.3, 0.4) is 0 Å². The Morgan fingerprint density at radius 2 is 1.75 bits per heavy atom. The summed E-state index contributed by atoms with van der Waals surface area (Å²) in [5.41, 5.74) is -0.961. The van der Waals surface area contributed by atoms with Crippen molar-refractivity contribution in [3.63, 3.8) is 0 Å². The SMILES string of the molecule is COCOC(C(=O)OC(C)(C)C)[Si](C)(C)C. The summed E-state index contributed by atoms with van der Waals surface area (Å²) in [6, 6.07) is 0. The van der Waals surface area contributed by atoms with E-state index in [9.17, 15) is 4.79 Å². The lowest BCUT2D eigenvalue weighted by molar-refractivity contribution is -0.169. The minimum atomic E-state index is -1.76. The van der Waals surface area contributed by atoms with Gasteiger partial charge in [-0.3, -0.25) is 0 Å². The smallest absolute Gasteiger partial charge is 0.332 e. The first kappa shape index (κ1) is 15.6. The van der Waals surface area contributed by atoms with Crippen LogP contribution in [0.4, 0.5) is 0 Å². The molecule has 0 aromatic carbocycles. The lowest BCUT2D eigenvalue weighted by atomic mass is 10.2. The zero-order chi connectivity index (χ0) is 13.0. The first-order valence-corrected chi connectivity index (χ1v) is 8.99. The second kappa shape index (κ2) is 5.79. The Morgan fingerprint density at radius 1 is 1.25 bits per heavy atom. The Labute approximate surface area is 99.3 Å². The molecular weight excluding hydrogens is 224 g/mol. The van der Waals surface area contributed by atoms with Gasteiger partial charge in [-0.25, -0.2) is 4.79 Å². The van der Waals surface area contributed by atoms with Crippen molar-refractivity contribution in [1.82, 2.24) is 0 Å². The summed E-state index contributed by atoms with van der Waals surface area (Å²) < 4.78 is 15.6. The fourth-order valence-corrected chi connectivity index (χ4v) is 2.50. The van der Waals surface area contributed by atoms with Crippen molar-refractivity contribution in [3.05, 3.63) is 0 Å². The van der Waals surface area contributed by atoms with Crippen LogP contribution >= 0.6 is 0 Å². The Bertz CT molecular complexity index is 227. The minimum Gasteiger partial charge on any atom is -0.458 e. The molecule has 0 aliphatic rings. The average Bonchev–Trinajstić information content (AvgIpc) is 1.98. The first-order chi connectivity index (χ1) is 7.08. The molecule has 0 fully saturated rings. The maximum Gasteiger partial charge on any atom is 0.332 e. The summed E-state index contributed by atoms with van der Waals surface area (Å²) in [7, 11) is -0.225. The van der Waals surface area contributed by atoms with Crippen molar-refractivity contribution in [2.75, 3.05) is 13.9 Å². The van der Waals surface area contributed by atoms with Crippen molar-refractivity contribution in [3.8, 4) is 0 Å². The molecule has 5 heteroatoms. The van der Waals surface area contributed by atoms with Gasteiger partial charge in [0.1, 0.15) is 18.1 Å². The normalized spacial score (nSPS) is 14.7. The van der Waals surface area contributed by atoms with E-state index in [1.165, 1.54) is 7.11 Å². The molecule has 0 spiro atoms. The van der Waals surface area contributed by atoms with Crippen molar-refractivity contribution >= 4 is 14.0 Å². The highest BCUT2D eigenvalue weighted by molar-refractivity contribution is 6.80. The minimum absolute atomic E-state index is 0.119. The molecule has 16 heavy (non-hydrogen) atoms. The van der Waals surface area contributed by atoms with Crippen LogP contribution < -0.4 is 0 Å². The predicted octanol–water partition coefficient (Wildman–Crippen LogP) is 2.19. The molecule has 0 amide bonds. The molecule has 0 saturated carbocycles. The van der Waals surface area contributed by atoms with E-state index in [1.807, 2.05) is 20.8 Å². The third kappa shape index (κ3) is 6.25. The molecule has 4 nitrogen and oxygen atoms in total. The van der Waals surface area contributed by atoms with E-state index in [-0.39, 0.29) is 12.8 Å². The molecule has 0 aliphatic carbocycles. The number of hydrogen-bond donors (Lipinski definition) is 0. The molecule has 0 N–H and O–H groups in total. The molecule has 1 unspecified atom stereocenters.